The largest absolute Gasteiger partial charge is 0.355 e. The van der Waals surface area contributed by atoms with Crippen molar-refractivity contribution in [2.75, 3.05) is 6.54 Å². The van der Waals surface area contributed by atoms with Crippen LogP contribution in [0.25, 0.3) is 0 Å². The van der Waals surface area contributed by atoms with Crippen molar-refractivity contribution in [1.29, 1.82) is 0 Å². The maximum absolute atomic E-state index is 12.2. The molecule has 0 aromatic heterocycles. The maximum atomic E-state index is 12.2. The SMILES string of the molecule is CCCCNC(=O)C1(c2ccccc2I)CC1. The van der Waals surface area contributed by atoms with Gasteiger partial charge in [0.05, 0.1) is 5.41 Å². The van der Waals surface area contributed by atoms with Crippen molar-refractivity contribution in [3.05, 3.63) is 33.4 Å². The summed E-state index contributed by atoms with van der Waals surface area (Å²) in [4.78, 5) is 12.2. The smallest absolute Gasteiger partial charge is 0.230 e. The molecule has 1 saturated carbocycles. The lowest BCUT2D eigenvalue weighted by Gasteiger charge is -2.17. The minimum absolute atomic E-state index is 0.217. The number of hydrogen-bond donors (Lipinski definition) is 1. The Balaban J connectivity index is 2.09. The highest BCUT2D eigenvalue weighted by atomic mass is 127. The summed E-state index contributed by atoms with van der Waals surface area (Å²) in [6.07, 6.45) is 4.17. The van der Waals surface area contributed by atoms with Crippen LogP contribution in [0.1, 0.15) is 38.2 Å². The minimum atomic E-state index is -0.217. The van der Waals surface area contributed by atoms with Gasteiger partial charge in [0.2, 0.25) is 5.91 Å². The van der Waals surface area contributed by atoms with Gasteiger partial charge >= 0.3 is 0 Å². The van der Waals surface area contributed by atoms with Crippen LogP contribution in [0.3, 0.4) is 0 Å². The van der Waals surface area contributed by atoms with Crippen molar-refractivity contribution in [1.82, 2.24) is 5.32 Å². The molecule has 1 amide bonds. The Morgan fingerprint density at radius 3 is 2.71 bits per heavy atom. The lowest BCUT2D eigenvalue weighted by atomic mass is 9.95. The summed E-state index contributed by atoms with van der Waals surface area (Å²) >= 11 is 2.32. The first-order chi connectivity index (χ1) is 8.20. The molecule has 1 aliphatic carbocycles. The molecule has 1 fully saturated rings. The van der Waals surface area contributed by atoms with E-state index in [-0.39, 0.29) is 11.3 Å². The minimum Gasteiger partial charge on any atom is -0.355 e. The second-order valence-corrected chi connectivity index (χ2v) is 5.83. The van der Waals surface area contributed by atoms with Gasteiger partial charge in [-0.15, -0.1) is 0 Å². The van der Waals surface area contributed by atoms with Crippen molar-refractivity contribution in [2.24, 2.45) is 0 Å². The molecule has 0 unspecified atom stereocenters. The van der Waals surface area contributed by atoms with Gasteiger partial charge in [-0.1, -0.05) is 31.5 Å². The molecule has 2 nitrogen and oxygen atoms in total. The summed E-state index contributed by atoms with van der Waals surface area (Å²) < 4.78 is 1.20. The first-order valence-electron chi connectivity index (χ1n) is 6.24. The third-order valence-corrected chi connectivity index (χ3v) is 4.33. The molecule has 1 aromatic rings. The van der Waals surface area contributed by atoms with Crippen LogP contribution >= 0.6 is 22.6 Å². The molecule has 0 aliphatic heterocycles. The normalized spacial score (nSPS) is 16.6. The Hall–Kier alpha value is -0.580. The third-order valence-electron chi connectivity index (χ3n) is 3.39. The highest BCUT2D eigenvalue weighted by Crippen LogP contribution is 2.49. The number of nitrogens with one attached hydrogen (secondary N) is 1. The van der Waals surface area contributed by atoms with Crippen LogP contribution < -0.4 is 5.32 Å². The molecule has 1 aliphatic rings. The molecule has 2 rings (SSSR count). The predicted molar refractivity (Wildman–Crippen MR) is 78.0 cm³/mol. The number of halogens is 1. The molecule has 0 bridgehead atoms. The molecule has 0 atom stereocenters. The summed E-state index contributed by atoms with van der Waals surface area (Å²) in [5.41, 5.74) is 0.987. The quantitative estimate of drug-likeness (QED) is 0.645. The highest BCUT2D eigenvalue weighted by Gasteiger charge is 2.51. The lowest BCUT2D eigenvalue weighted by Crippen LogP contribution is -2.35. The van der Waals surface area contributed by atoms with Crippen LogP contribution in [0.4, 0.5) is 0 Å². The van der Waals surface area contributed by atoms with Gasteiger partial charge in [0, 0.05) is 10.1 Å². The zero-order chi connectivity index (χ0) is 12.3. The molecule has 3 heteroatoms. The summed E-state index contributed by atoms with van der Waals surface area (Å²) in [6.45, 7) is 2.94. The third kappa shape index (κ3) is 2.64. The topological polar surface area (TPSA) is 29.1 Å². The molecule has 92 valence electrons. The fraction of sp³-hybridized carbons (Fsp3) is 0.500. The average Bonchev–Trinajstić information content (AvgIpc) is 3.11. The Labute approximate surface area is 116 Å². The molecule has 17 heavy (non-hydrogen) atoms. The van der Waals surface area contributed by atoms with E-state index in [0.29, 0.717) is 0 Å². The first-order valence-corrected chi connectivity index (χ1v) is 7.32. The van der Waals surface area contributed by atoms with E-state index >= 15 is 0 Å². The standard InChI is InChI=1S/C14H18INO/c1-2-3-10-16-13(17)14(8-9-14)11-6-4-5-7-12(11)15/h4-7H,2-3,8-10H2,1H3,(H,16,17). The van der Waals surface area contributed by atoms with Crippen LogP contribution in [0, 0.1) is 3.57 Å². The number of carbonyl (C=O) groups is 1. The summed E-state index contributed by atoms with van der Waals surface area (Å²) in [6, 6.07) is 8.22. The van der Waals surface area contributed by atoms with E-state index in [1.807, 2.05) is 12.1 Å². The number of amides is 1. The van der Waals surface area contributed by atoms with Crippen molar-refractivity contribution >= 4 is 28.5 Å². The summed E-state index contributed by atoms with van der Waals surface area (Å²) in [7, 11) is 0. The Kier molecular flexibility index (Phi) is 4.07. The second-order valence-electron chi connectivity index (χ2n) is 4.67. The van der Waals surface area contributed by atoms with Gasteiger partial charge in [0.25, 0.3) is 0 Å². The van der Waals surface area contributed by atoms with Crippen molar-refractivity contribution in [3.63, 3.8) is 0 Å². The van der Waals surface area contributed by atoms with Crippen molar-refractivity contribution < 1.29 is 4.79 Å². The molecule has 1 aromatic carbocycles. The molecular weight excluding hydrogens is 325 g/mol. The van der Waals surface area contributed by atoms with Gasteiger partial charge in [0.1, 0.15) is 0 Å². The van der Waals surface area contributed by atoms with Gasteiger partial charge in [-0.2, -0.15) is 0 Å². The first kappa shape index (κ1) is 12.9. The molecule has 1 N–H and O–H groups in total. The fourth-order valence-electron chi connectivity index (χ4n) is 2.14. The average molecular weight is 343 g/mol. The van der Waals surface area contributed by atoms with Gasteiger partial charge in [-0.05, 0) is 53.5 Å². The molecule has 0 heterocycles. The van der Waals surface area contributed by atoms with Crippen LogP contribution in [-0.2, 0) is 10.2 Å². The van der Waals surface area contributed by atoms with Gasteiger partial charge in [-0.3, -0.25) is 4.79 Å². The van der Waals surface area contributed by atoms with E-state index in [0.717, 1.165) is 32.2 Å². The van der Waals surface area contributed by atoms with Crippen LogP contribution in [0.2, 0.25) is 0 Å². The fourth-order valence-corrected chi connectivity index (χ4v) is 3.04. The lowest BCUT2D eigenvalue weighted by molar-refractivity contribution is -0.123. The number of hydrogen-bond acceptors (Lipinski definition) is 1. The van der Waals surface area contributed by atoms with E-state index in [4.69, 9.17) is 0 Å². The summed E-state index contributed by atoms with van der Waals surface area (Å²) in [5, 5.41) is 3.07. The molecular formula is C14H18INO. The van der Waals surface area contributed by atoms with E-state index < -0.39 is 0 Å². The van der Waals surface area contributed by atoms with E-state index in [9.17, 15) is 4.79 Å². The number of carbonyl (C=O) groups excluding carboxylic acids is 1. The highest BCUT2D eigenvalue weighted by molar-refractivity contribution is 14.1. The van der Waals surface area contributed by atoms with Crippen molar-refractivity contribution in [3.8, 4) is 0 Å². The molecule has 0 spiro atoms. The molecule has 0 saturated heterocycles. The second kappa shape index (κ2) is 5.38. The number of benzene rings is 1. The summed E-state index contributed by atoms with van der Waals surface area (Å²) in [5.74, 6) is 0.218. The Bertz CT molecular complexity index is 412. The Morgan fingerprint density at radius 1 is 1.41 bits per heavy atom. The monoisotopic (exact) mass is 343 g/mol. The van der Waals surface area contributed by atoms with Crippen LogP contribution in [0.15, 0.2) is 24.3 Å². The van der Waals surface area contributed by atoms with Crippen molar-refractivity contribution in [2.45, 2.75) is 38.0 Å². The van der Waals surface area contributed by atoms with Gasteiger partial charge in [-0.25, -0.2) is 0 Å². The zero-order valence-corrected chi connectivity index (χ0v) is 12.3. The van der Waals surface area contributed by atoms with Gasteiger partial charge < -0.3 is 5.32 Å². The Morgan fingerprint density at radius 2 is 2.12 bits per heavy atom. The van der Waals surface area contributed by atoms with Gasteiger partial charge in [0.15, 0.2) is 0 Å². The predicted octanol–water partition coefficient (Wildman–Crippen LogP) is 3.24. The van der Waals surface area contributed by atoms with Crippen LogP contribution in [0.5, 0.6) is 0 Å². The number of unbranched alkanes of at least 4 members (excludes halogenated alkanes) is 1. The zero-order valence-electron chi connectivity index (χ0n) is 10.1. The molecule has 0 radical (unpaired) electrons. The van der Waals surface area contributed by atoms with E-state index in [1.54, 1.807) is 0 Å². The van der Waals surface area contributed by atoms with E-state index in [1.165, 1.54) is 9.13 Å². The van der Waals surface area contributed by atoms with E-state index in [2.05, 4.69) is 47.0 Å². The maximum Gasteiger partial charge on any atom is 0.230 e. The number of rotatable bonds is 5. The van der Waals surface area contributed by atoms with Crippen LogP contribution in [-0.4, -0.2) is 12.5 Å².